The zero-order valence-corrected chi connectivity index (χ0v) is 24.1. The fraction of sp³-hybridized carbons (Fsp3) is 0.760. The lowest BCUT2D eigenvalue weighted by Gasteiger charge is -2.46. The minimum atomic E-state index is -1.65. The van der Waals surface area contributed by atoms with Crippen LogP contribution in [0, 0.1) is 0 Å². The van der Waals surface area contributed by atoms with E-state index in [4.69, 9.17) is 47.4 Å². The van der Waals surface area contributed by atoms with Crippen molar-refractivity contribution in [3.05, 3.63) is 0 Å². The molecule has 2 heterocycles. The van der Waals surface area contributed by atoms with Crippen LogP contribution >= 0.6 is 0 Å². The predicted molar refractivity (Wildman–Crippen MR) is 130 cm³/mol. The van der Waals surface area contributed by atoms with E-state index in [1.807, 2.05) is 0 Å². The summed E-state index contributed by atoms with van der Waals surface area (Å²) in [6.45, 7) is 4.53. The number of esters is 6. The fourth-order valence-corrected chi connectivity index (χ4v) is 4.48. The fourth-order valence-electron chi connectivity index (χ4n) is 4.48. The Bertz CT molecular complexity index is 925. The molecule has 0 amide bonds. The van der Waals surface area contributed by atoms with Gasteiger partial charge in [0.15, 0.2) is 49.2 Å². The van der Waals surface area contributed by atoms with Crippen LogP contribution in [0.2, 0.25) is 0 Å². The largest absolute Gasteiger partial charge is 0.456 e. The van der Waals surface area contributed by atoms with Gasteiger partial charge in [0.1, 0.15) is 18.9 Å². The second-order valence-electron chi connectivity index (χ2n) is 9.25. The van der Waals surface area contributed by atoms with Crippen LogP contribution in [0.15, 0.2) is 0 Å². The first-order valence-electron chi connectivity index (χ1n) is 12.7. The van der Waals surface area contributed by atoms with Gasteiger partial charge in [-0.25, -0.2) is 4.39 Å². The van der Waals surface area contributed by atoms with E-state index in [1.54, 1.807) is 0 Å². The zero-order valence-electron chi connectivity index (χ0n) is 24.1. The Morgan fingerprint density at radius 1 is 0.524 bits per heavy atom. The molecule has 2 aliphatic heterocycles. The minimum Gasteiger partial charge on any atom is -0.456 e. The van der Waals surface area contributed by atoms with Gasteiger partial charge in [-0.1, -0.05) is 0 Å². The standard InChI is InChI=1S/C25H35FO16/c1-10(27)35-18-16(8-26)41-25(23(40-15(6)32)20(18)37-12(3)29)34-9-17-19(36-11(2)28)21(38-13(4)30)22(39-14(5)31)24(33-7)42-17/h16-25H,8-9H2,1-7H3/t16-,17-,18+,19+,20+,21+,22-,23-,24+,25-/m1/s1. The lowest BCUT2D eigenvalue weighted by Crippen LogP contribution is -2.64. The molecule has 10 atom stereocenters. The number of hydrogen-bond acceptors (Lipinski definition) is 16. The maximum absolute atomic E-state index is 14.1. The Labute approximate surface area is 240 Å². The molecule has 2 fully saturated rings. The van der Waals surface area contributed by atoms with Gasteiger partial charge in [-0.2, -0.15) is 0 Å². The lowest BCUT2D eigenvalue weighted by atomic mass is 9.97. The third kappa shape index (κ3) is 9.57. The number of ether oxygens (including phenoxy) is 10. The average Bonchev–Trinajstić information content (AvgIpc) is 2.86. The van der Waals surface area contributed by atoms with Crippen LogP contribution in [0.25, 0.3) is 0 Å². The number of carbonyl (C=O) groups excluding carboxylic acids is 6. The van der Waals surface area contributed by atoms with E-state index in [0.29, 0.717) is 0 Å². The zero-order chi connectivity index (χ0) is 31.7. The highest BCUT2D eigenvalue weighted by Crippen LogP contribution is 2.33. The Morgan fingerprint density at radius 2 is 0.857 bits per heavy atom. The minimum absolute atomic E-state index is 0.575. The molecule has 42 heavy (non-hydrogen) atoms. The molecule has 0 aromatic heterocycles. The smallest absolute Gasteiger partial charge is 0.303 e. The van der Waals surface area contributed by atoms with Gasteiger partial charge in [-0.15, -0.1) is 0 Å². The van der Waals surface area contributed by atoms with Gasteiger partial charge in [-0.3, -0.25) is 28.8 Å². The van der Waals surface area contributed by atoms with Crippen LogP contribution in [0.4, 0.5) is 4.39 Å². The Morgan fingerprint density at radius 3 is 1.24 bits per heavy atom. The molecule has 0 unspecified atom stereocenters. The molecule has 2 rings (SSSR count). The van der Waals surface area contributed by atoms with Crippen molar-refractivity contribution in [3.8, 4) is 0 Å². The van der Waals surface area contributed by atoms with Crippen LogP contribution in [0.5, 0.6) is 0 Å². The van der Waals surface area contributed by atoms with Crippen molar-refractivity contribution in [2.75, 3.05) is 20.4 Å². The van der Waals surface area contributed by atoms with Crippen molar-refractivity contribution >= 4 is 35.8 Å². The van der Waals surface area contributed by atoms with Crippen molar-refractivity contribution in [3.63, 3.8) is 0 Å². The summed E-state index contributed by atoms with van der Waals surface area (Å²) in [7, 11) is 1.21. The van der Waals surface area contributed by atoms with E-state index in [-0.39, 0.29) is 0 Å². The molecule has 0 aliphatic carbocycles. The molecule has 17 heteroatoms. The highest BCUT2D eigenvalue weighted by atomic mass is 19.1. The molecular formula is C25H35FO16. The van der Waals surface area contributed by atoms with E-state index < -0.39 is 111 Å². The number of alkyl halides is 1. The summed E-state index contributed by atoms with van der Waals surface area (Å²) in [6.07, 6.45) is -14.7. The average molecular weight is 611 g/mol. The molecule has 2 saturated heterocycles. The van der Waals surface area contributed by atoms with E-state index >= 15 is 0 Å². The highest BCUT2D eigenvalue weighted by Gasteiger charge is 2.55. The monoisotopic (exact) mass is 610 g/mol. The van der Waals surface area contributed by atoms with E-state index in [2.05, 4.69) is 0 Å². The van der Waals surface area contributed by atoms with Crippen molar-refractivity contribution in [2.45, 2.75) is 103 Å². The molecule has 0 N–H and O–H groups in total. The SMILES string of the molecule is CO[C@H]1O[C@H](CO[C@@H]2O[C@H](CF)[C@H](OC(C)=O)[C@H](OC(C)=O)[C@H]2OC(C)=O)[C@H](OC(C)=O)[C@H](OC(C)=O)[C@H]1OC(C)=O. The Hall–Kier alpha value is -3.41. The van der Waals surface area contributed by atoms with Crippen molar-refractivity contribution in [2.24, 2.45) is 0 Å². The van der Waals surface area contributed by atoms with Gasteiger partial charge < -0.3 is 47.4 Å². The molecule has 0 saturated carbocycles. The Balaban J connectivity index is 2.45. The molecule has 16 nitrogen and oxygen atoms in total. The first-order valence-corrected chi connectivity index (χ1v) is 12.7. The molecule has 0 spiro atoms. The molecule has 0 aromatic carbocycles. The molecule has 2 aliphatic rings. The summed E-state index contributed by atoms with van der Waals surface area (Å²) in [5.41, 5.74) is 0. The van der Waals surface area contributed by atoms with E-state index in [9.17, 15) is 33.2 Å². The van der Waals surface area contributed by atoms with Crippen LogP contribution in [-0.2, 0) is 76.1 Å². The van der Waals surface area contributed by atoms with Gasteiger partial charge in [0.2, 0.25) is 0 Å². The van der Waals surface area contributed by atoms with Crippen molar-refractivity contribution in [1.29, 1.82) is 0 Å². The molecule has 0 bridgehead atoms. The maximum atomic E-state index is 14.1. The molecular weight excluding hydrogens is 575 g/mol. The second-order valence-corrected chi connectivity index (χ2v) is 9.25. The van der Waals surface area contributed by atoms with E-state index in [0.717, 1.165) is 41.5 Å². The normalized spacial score (nSPS) is 32.6. The molecule has 238 valence electrons. The topological polar surface area (TPSA) is 195 Å². The lowest BCUT2D eigenvalue weighted by molar-refractivity contribution is -0.331. The third-order valence-corrected chi connectivity index (χ3v) is 5.80. The van der Waals surface area contributed by atoms with E-state index in [1.165, 1.54) is 7.11 Å². The number of methoxy groups -OCH3 is 1. The molecule has 0 aromatic rings. The van der Waals surface area contributed by atoms with Gasteiger partial charge in [0.25, 0.3) is 0 Å². The van der Waals surface area contributed by atoms with Crippen molar-refractivity contribution < 1.29 is 80.5 Å². The van der Waals surface area contributed by atoms with Crippen LogP contribution in [-0.4, -0.2) is 118 Å². The summed E-state index contributed by atoms with van der Waals surface area (Å²) in [5, 5.41) is 0. The summed E-state index contributed by atoms with van der Waals surface area (Å²) >= 11 is 0. The first-order chi connectivity index (χ1) is 19.7. The van der Waals surface area contributed by atoms with Crippen LogP contribution in [0.3, 0.4) is 0 Å². The second kappa shape index (κ2) is 15.7. The number of carbonyl (C=O) groups is 6. The third-order valence-electron chi connectivity index (χ3n) is 5.80. The highest BCUT2D eigenvalue weighted by molar-refractivity contribution is 5.69. The number of rotatable bonds is 11. The maximum Gasteiger partial charge on any atom is 0.303 e. The summed E-state index contributed by atoms with van der Waals surface area (Å²) < 4.78 is 68.1. The Kier molecular flexibility index (Phi) is 13.0. The van der Waals surface area contributed by atoms with Crippen LogP contribution < -0.4 is 0 Å². The van der Waals surface area contributed by atoms with Gasteiger partial charge in [0, 0.05) is 48.7 Å². The predicted octanol–water partition coefficient (Wildman–Crippen LogP) is -0.341. The quantitative estimate of drug-likeness (QED) is 0.217. The van der Waals surface area contributed by atoms with Gasteiger partial charge in [-0.05, 0) is 0 Å². The van der Waals surface area contributed by atoms with Gasteiger partial charge in [0.05, 0.1) is 6.61 Å². The van der Waals surface area contributed by atoms with Crippen molar-refractivity contribution in [1.82, 2.24) is 0 Å². The summed E-state index contributed by atoms with van der Waals surface area (Å²) in [5.74, 6) is -5.03. The summed E-state index contributed by atoms with van der Waals surface area (Å²) in [6, 6.07) is 0. The molecule has 0 radical (unpaired) electrons. The van der Waals surface area contributed by atoms with Gasteiger partial charge >= 0.3 is 35.8 Å². The number of halogens is 1. The van der Waals surface area contributed by atoms with Crippen LogP contribution in [0.1, 0.15) is 41.5 Å². The number of hydrogen-bond donors (Lipinski definition) is 0. The summed E-state index contributed by atoms with van der Waals surface area (Å²) in [4.78, 5) is 71.2. The first kappa shape index (κ1) is 34.8.